The molecule has 3 N–H and O–H groups in total. The van der Waals surface area contributed by atoms with E-state index in [0.29, 0.717) is 12.2 Å². The van der Waals surface area contributed by atoms with E-state index < -0.39 is 0 Å². The van der Waals surface area contributed by atoms with E-state index >= 15 is 0 Å². The van der Waals surface area contributed by atoms with Gasteiger partial charge in [0.2, 0.25) is 5.91 Å². The van der Waals surface area contributed by atoms with Crippen LogP contribution in [0.1, 0.15) is 38.5 Å². The van der Waals surface area contributed by atoms with Gasteiger partial charge < -0.3 is 11.1 Å². The van der Waals surface area contributed by atoms with Crippen molar-refractivity contribution in [1.82, 2.24) is 9.78 Å². The summed E-state index contributed by atoms with van der Waals surface area (Å²) in [4.78, 5) is 11.9. The van der Waals surface area contributed by atoms with Crippen LogP contribution in [0.5, 0.6) is 0 Å². The number of rotatable bonds is 3. The van der Waals surface area contributed by atoms with Gasteiger partial charge in [0.05, 0.1) is 0 Å². The molecule has 1 aliphatic carbocycles. The Bertz CT molecular complexity index is 393. The van der Waals surface area contributed by atoms with Crippen molar-refractivity contribution in [3.05, 3.63) is 12.3 Å². The second kappa shape index (κ2) is 4.87. The molecule has 0 radical (unpaired) electrons. The van der Waals surface area contributed by atoms with Gasteiger partial charge in [-0.15, -0.1) is 0 Å². The highest BCUT2D eigenvalue weighted by Crippen LogP contribution is 2.28. The number of hydrogen-bond donors (Lipinski definition) is 2. The smallest absolute Gasteiger partial charge is 0.227 e. The maximum Gasteiger partial charge on any atom is 0.227 e. The first kappa shape index (κ1) is 12.1. The summed E-state index contributed by atoms with van der Waals surface area (Å²) in [7, 11) is 1.82. The summed E-state index contributed by atoms with van der Waals surface area (Å²) >= 11 is 0. The van der Waals surface area contributed by atoms with Crippen molar-refractivity contribution in [2.75, 3.05) is 5.32 Å². The summed E-state index contributed by atoms with van der Waals surface area (Å²) < 4.78 is 1.66. The second-order valence-corrected chi connectivity index (χ2v) is 5.02. The summed E-state index contributed by atoms with van der Waals surface area (Å²) in [5.41, 5.74) is 5.92. The van der Waals surface area contributed by atoms with Crippen LogP contribution in [0.15, 0.2) is 12.3 Å². The molecule has 1 aromatic rings. The quantitative estimate of drug-likeness (QED) is 0.833. The lowest BCUT2D eigenvalue weighted by molar-refractivity contribution is -0.117. The van der Waals surface area contributed by atoms with Gasteiger partial charge in [0.25, 0.3) is 0 Å². The molecule has 94 valence electrons. The Hall–Kier alpha value is -1.36. The zero-order valence-electron chi connectivity index (χ0n) is 10.3. The number of aromatic nitrogens is 2. The Kier molecular flexibility index (Phi) is 3.47. The first-order valence-electron chi connectivity index (χ1n) is 6.16. The van der Waals surface area contributed by atoms with E-state index in [9.17, 15) is 4.79 Å². The van der Waals surface area contributed by atoms with Gasteiger partial charge in [-0.05, 0) is 12.8 Å². The Morgan fingerprint density at radius 1 is 1.53 bits per heavy atom. The molecule has 1 saturated carbocycles. The van der Waals surface area contributed by atoms with Gasteiger partial charge in [-0.25, -0.2) is 0 Å². The predicted octanol–water partition coefficient (Wildman–Crippen LogP) is 1.41. The molecule has 0 bridgehead atoms. The summed E-state index contributed by atoms with van der Waals surface area (Å²) in [5, 5.41) is 6.89. The molecule has 2 rings (SSSR count). The molecule has 1 fully saturated rings. The SMILES string of the molecule is Cn1ccc(NC(=O)CC2(N)CCCCC2)n1. The number of nitrogens with zero attached hydrogens (tertiary/aromatic N) is 2. The fraction of sp³-hybridized carbons (Fsp3) is 0.667. The lowest BCUT2D eigenvalue weighted by Crippen LogP contribution is -2.44. The van der Waals surface area contributed by atoms with Crippen LogP contribution in [0.2, 0.25) is 0 Å². The average Bonchev–Trinajstić information content (AvgIpc) is 2.63. The van der Waals surface area contributed by atoms with Crippen LogP contribution in [0.25, 0.3) is 0 Å². The summed E-state index contributed by atoms with van der Waals surface area (Å²) in [6.45, 7) is 0. The molecule has 0 saturated heterocycles. The monoisotopic (exact) mass is 236 g/mol. The van der Waals surface area contributed by atoms with E-state index in [1.165, 1.54) is 6.42 Å². The third kappa shape index (κ3) is 3.30. The first-order valence-corrected chi connectivity index (χ1v) is 6.16. The molecule has 0 unspecified atom stereocenters. The number of carbonyl (C=O) groups excluding carboxylic acids is 1. The van der Waals surface area contributed by atoms with Crippen LogP contribution in [0.3, 0.4) is 0 Å². The van der Waals surface area contributed by atoms with E-state index in [1.807, 2.05) is 7.05 Å². The van der Waals surface area contributed by atoms with Crippen molar-refractivity contribution in [2.24, 2.45) is 12.8 Å². The Morgan fingerprint density at radius 2 is 2.24 bits per heavy atom. The Balaban J connectivity index is 1.88. The molecular weight excluding hydrogens is 216 g/mol. The van der Waals surface area contributed by atoms with Crippen molar-refractivity contribution in [3.8, 4) is 0 Å². The van der Waals surface area contributed by atoms with Gasteiger partial charge in [0.1, 0.15) is 0 Å². The Labute approximate surface area is 101 Å². The zero-order valence-corrected chi connectivity index (χ0v) is 10.3. The van der Waals surface area contributed by atoms with Crippen molar-refractivity contribution in [1.29, 1.82) is 0 Å². The molecule has 0 aliphatic heterocycles. The highest BCUT2D eigenvalue weighted by atomic mass is 16.1. The number of nitrogens with two attached hydrogens (primary N) is 1. The van der Waals surface area contributed by atoms with Crippen molar-refractivity contribution >= 4 is 11.7 Å². The van der Waals surface area contributed by atoms with Gasteiger partial charge in [-0.2, -0.15) is 5.10 Å². The molecule has 0 spiro atoms. The van der Waals surface area contributed by atoms with E-state index in [2.05, 4.69) is 10.4 Å². The van der Waals surface area contributed by atoms with Gasteiger partial charge in [-0.1, -0.05) is 19.3 Å². The topological polar surface area (TPSA) is 72.9 Å². The van der Waals surface area contributed by atoms with Crippen LogP contribution < -0.4 is 11.1 Å². The van der Waals surface area contributed by atoms with Gasteiger partial charge in [0.15, 0.2) is 5.82 Å². The number of aryl methyl sites for hydroxylation is 1. The predicted molar refractivity (Wildman–Crippen MR) is 66.5 cm³/mol. The van der Waals surface area contributed by atoms with Crippen molar-refractivity contribution in [3.63, 3.8) is 0 Å². The lowest BCUT2D eigenvalue weighted by Gasteiger charge is -2.32. The molecule has 17 heavy (non-hydrogen) atoms. The molecule has 5 heteroatoms. The number of nitrogens with one attached hydrogen (secondary N) is 1. The number of hydrogen-bond acceptors (Lipinski definition) is 3. The van der Waals surface area contributed by atoms with E-state index in [-0.39, 0.29) is 11.4 Å². The fourth-order valence-corrected chi connectivity index (χ4v) is 2.42. The van der Waals surface area contributed by atoms with Crippen LogP contribution in [0, 0.1) is 0 Å². The fourth-order valence-electron chi connectivity index (χ4n) is 2.42. The molecule has 1 aliphatic rings. The summed E-state index contributed by atoms with van der Waals surface area (Å²) in [6.07, 6.45) is 7.59. The van der Waals surface area contributed by atoms with E-state index in [0.717, 1.165) is 25.7 Å². The maximum absolute atomic E-state index is 11.9. The number of anilines is 1. The standard InChI is InChI=1S/C12H20N4O/c1-16-8-5-10(15-16)14-11(17)9-12(13)6-3-2-4-7-12/h5,8H,2-4,6-7,9,13H2,1H3,(H,14,15,17). The zero-order chi connectivity index (χ0) is 12.3. The van der Waals surface area contributed by atoms with Crippen molar-refractivity contribution < 1.29 is 4.79 Å². The number of amides is 1. The molecule has 1 heterocycles. The van der Waals surface area contributed by atoms with Crippen LogP contribution >= 0.6 is 0 Å². The number of carbonyl (C=O) groups is 1. The lowest BCUT2D eigenvalue weighted by atomic mass is 9.80. The van der Waals surface area contributed by atoms with E-state index in [4.69, 9.17) is 5.73 Å². The van der Waals surface area contributed by atoms with Crippen molar-refractivity contribution in [2.45, 2.75) is 44.1 Å². The third-order valence-corrected chi connectivity index (χ3v) is 3.34. The minimum absolute atomic E-state index is 0.0342. The summed E-state index contributed by atoms with van der Waals surface area (Å²) in [6, 6.07) is 1.78. The molecule has 1 amide bonds. The molecule has 1 aromatic heterocycles. The van der Waals surface area contributed by atoms with E-state index in [1.54, 1.807) is 16.9 Å². The average molecular weight is 236 g/mol. The van der Waals surface area contributed by atoms with Crippen LogP contribution in [0.4, 0.5) is 5.82 Å². The highest BCUT2D eigenvalue weighted by molar-refractivity contribution is 5.90. The summed E-state index contributed by atoms with van der Waals surface area (Å²) in [5.74, 6) is 0.560. The van der Waals surface area contributed by atoms with Crippen LogP contribution in [-0.4, -0.2) is 21.2 Å². The largest absolute Gasteiger partial charge is 0.325 e. The molecule has 0 atom stereocenters. The Morgan fingerprint density at radius 3 is 2.82 bits per heavy atom. The minimum Gasteiger partial charge on any atom is -0.325 e. The third-order valence-electron chi connectivity index (χ3n) is 3.34. The van der Waals surface area contributed by atoms with Gasteiger partial charge in [0, 0.05) is 31.3 Å². The highest BCUT2D eigenvalue weighted by Gasteiger charge is 2.30. The minimum atomic E-state index is -0.308. The van der Waals surface area contributed by atoms with Crippen LogP contribution in [-0.2, 0) is 11.8 Å². The first-order chi connectivity index (χ1) is 8.07. The maximum atomic E-state index is 11.9. The molecular formula is C12H20N4O. The molecule has 5 nitrogen and oxygen atoms in total. The molecule has 0 aromatic carbocycles. The van der Waals surface area contributed by atoms with Gasteiger partial charge in [-0.3, -0.25) is 9.48 Å². The normalized spacial score (nSPS) is 18.9. The second-order valence-electron chi connectivity index (χ2n) is 5.02. The van der Waals surface area contributed by atoms with Gasteiger partial charge >= 0.3 is 0 Å².